The van der Waals surface area contributed by atoms with Gasteiger partial charge in [0.05, 0.1) is 18.6 Å². The molecule has 1 aliphatic carbocycles. The van der Waals surface area contributed by atoms with Crippen molar-refractivity contribution in [3.63, 3.8) is 0 Å². The smallest absolute Gasteiger partial charge is 0.243 e. The average Bonchev–Trinajstić information content (AvgIpc) is 3.80. The van der Waals surface area contributed by atoms with E-state index in [0.29, 0.717) is 18.6 Å². The molecule has 0 heterocycles. The molecular weight excluding hydrogens is 542 g/mol. The van der Waals surface area contributed by atoms with Crippen molar-refractivity contribution in [2.45, 2.75) is 55.6 Å². The van der Waals surface area contributed by atoms with E-state index in [-0.39, 0.29) is 48.9 Å². The van der Waals surface area contributed by atoms with Gasteiger partial charge >= 0.3 is 0 Å². The number of amides is 2. The number of methoxy groups -OCH3 is 1. The van der Waals surface area contributed by atoms with Gasteiger partial charge in [-0.3, -0.25) is 9.59 Å². The Kier molecular flexibility index (Phi) is 10.5. The molecule has 0 aliphatic heterocycles. The van der Waals surface area contributed by atoms with Gasteiger partial charge in [0.15, 0.2) is 0 Å². The van der Waals surface area contributed by atoms with E-state index < -0.39 is 16.1 Å². The molecule has 0 saturated heterocycles. The van der Waals surface area contributed by atoms with Crippen molar-refractivity contribution in [3.8, 4) is 5.75 Å². The average molecular weight is 580 g/mol. The molecule has 10 heteroatoms. The SMILES string of the molecule is COc1ccc(CN(C(=O)CCc2ccc(S(=O)(=O)NC3CC3)cc2)C(Cc2ccccc2)C(=O)NCCO)cc1. The Hall–Kier alpha value is -3.73. The minimum Gasteiger partial charge on any atom is -0.497 e. The monoisotopic (exact) mass is 579 g/mol. The van der Waals surface area contributed by atoms with Crippen LogP contribution in [0, 0.1) is 0 Å². The van der Waals surface area contributed by atoms with E-state index in [1.807, 2.05) is 54.6 Å². The van der Waals surface area contributed by atoms with Crippen LogP contribution in [0.1, 0.15) is 36.0 Å². The van der Waals surface area contributed by atoms with Gasteiger partial charge in [-0.05, 0) is 60.2 Å². The maximum atomic E-state index is 13.8. The van der Waals surface area contributed by atoms with E-state index in [0.717, 1.165) is 29.5 Å². The molecule has 0 aromatic heterocycles. The van der Waals surface area contributed by atoms with Gasteiger partial charge < -0.3 is 20.1 Å². The van der Waals surface area contributed by atoms with Gasteiger partial charge in [-0.2, -0.15) is 0 Å². The van der Waals surface area contributed by atoms with Crippen molar-refractivity contribution in [1.29, 1.82) is 0 Å². The number of aryl methyl sites for hydroxylation is 1. The summed E-state index contributed by atoms with van der Waals surface area (Å²) in [5, 5.41) is 12.0. The zero-order chi connectivity index (χ0) is 29.2. The first-order chi connectivity index (χ1) is 19.8. The van der Waals surface area contributed by atoms with Crippen LogP contribution in [0.4, 0.5) is 0 Å². The second-order valence-electron chi connectivity index (χ2n) is 10.1. The van der Waals surface area contributed by atoms with Crippen molar-refractivity contribution >= 4 is 21.8 Å². The number of aliphatic hydroxyl groups is 1. The minimum absolute atomic E-state index is 0.0207. The highest BCUT2D eigenvalue weighted by Crippen LogP contribution is 2.23. The number of rotatable bonds is 15. The largest absolute Gasteiger partial charge is 0.497 e. The van der Waals surface area contributed by atoms with Crippen molar-refractivity contribution in [1.82, 2.24) is 14.9 Å². The van der Waals surface area contributed by atoms with Crippen LogP contribution in [0.5, 0.6) is 5.75 Å². The second-order valence-corrected chi connectivity index (χ2v) is 11.8. The Morgan fingerprint density at radius 3 is 2.22 bits per heavy atom. The third-order valence-corrected chi connectivity index (χ3v) is 8.49. The van der Waals surface area contributed by atoms with Crippen LogP contribution in [-0.2, 0) is 39.0 Å². The second kappa shape index (κ2) is 14.2. The molecule has 1 aliphatic rings. The summed E-state index contributed by atoms with van der Waals surface area (Å²) in [5.74, 6) is 0.126. The van der Waals surface area contributed by atoms with Crippen LogP contribution in [0.15, 0.2) is 83.8 Å². The fourth-order valence-electron chi connectivity index (χ4n) is 4.50. The van der Waals surface area contributed by atoms with Gasteiger partial charge in [0.2, 0.25) is 21.8 Å². The van der Waals surface area contributed by atoms with Crippen molar-refractivity contribution in [2.75, 3.05) is 20.3 Å². The summed E-state index contributed by atoms with van der Waals surface area (Å²) in [6, 6.07) is 22.6. The lowest BCUT2D eigenvalue weighted by molar-refractivity contribution is -0.141. The predicted octanol–water partition coefficient (Wildman–Crippen LogP) is 2.82. The van der Waals surface area contributed by atoms with Crippen LogP contribution in [0.2, 0.25) is 0 Å². The molecule has 2 amide bonds. The summed E-state index contributed by atoms with van der Waals surface area (Å²) in [6.07, 6.45) is 2.53. The summed E-state index contributed by atoms with van der Waals surface area (Å²) in [7, 11) is -1.97. The number of benzene rings is 3. The van der Waals surface area contributed by atoms with E-state index in [2.05, 4.69) is 10.0 Å². The Morgan fingerprint density at radius 2 is 1.61 bits per heavy atom. The number of ether oxygens (including phenoxy) is 1. The highest BCUT2D eigenvalue weighted by Gasteiger charge is 2.30. The van der Waals surface area contributed by atoms with Gasteiger partial charge in [0.1, 0.15) is 11.8 Å². The Balaban J connectivity index is 1.54. The molecule has 218 valence electrons. The topological polar surface area (TPSA) is 125 Å². The first-order valence-electron chi connectivity index (χ1n) is 13.7. The molecule has 0 spiro atoms. The standard InChI is InChI=1S/C31H37N3O6S/c1-40-27-14-7-25(8-15-27)22-34(29(31(37)32-19-20-35)21-24-5-3-2-4-6-24)30(36)18-11-23-9-16-28(17-10-23)41(38,39)33-26-12-13-26/h2-10,14-17,26,29,33,35H,11-13,18-22H2,1H3,(H,32,37). The Morgan fingerprint density at radius 1 is 0.951 bits per heavy atom. The molecule has 1 fully saturated rings. The van der Waals surface area contributed by atoms with Crippen molar-refractivity contribution in [2.24, 2.45) is 0 Å². The summed E-state index contributed by atoms with van der Waals surface area (Å²) in [6.45, 7) is 0.0779. The number of nitrogens with one attached hydrogen (secondary N) is 2. The summed E-state index contributed by atoms with van der Waals surface area (Å²) < 4.78 is 32.9. The summed E-state index contributed by atoms with van der Waals surface area (Å²) in [5.41, 5.74) is 2.56. The molecule has 3 aromatic carbocycles. The van der Waals surface area contributed by atoms with E-state index >= 15 is 0 Å². The summed E-state index contributed by atoms with van der Waals surface area (Å²) in [4.78, 5) is 28.9. The fourth-order valence-corrected chi connectivity index (χ4v) is 5.80. The molecule has 1 atom stereocenters. The van der Waals surface area contributed by atoms with E-state index in [9.17, 15) is 23.1 Å². The zero-order valence-corrected chi connectivity index (χ0v) is 24.0. The van der Waals surface area contributed by atoms with E-state index in [4.69, 9.17) is 4.74 Å². The maximum absolute atomic E-state index is 13.8. The normalized spacial score (nSPS) is 13.8. The third kappa shape index (κ3) is 8.88. The highest BCUT2D eigenvalue weighted by molar-refractivity contribution is 7.89. The number of nitrogens with zero attached hydrogens (tertiary/aromatic N) is 1. The van der Waals surface area contributed by atoms with Gasteiger partial charge in [0, 0.05) is 32.0 Å². The number of hydrogen-bond acceptors (Lipinski definition) is 6. The molecular formula is C31H37N3O6S. The third-order valence-electron chi connectivity index (χ3n) is 6.95. The lowest BCUT2D eigenvalue weighted by Crippen LogP contribution is -2.51. The van der Waals surface area contributed by atoms with Crippen LogP contribution < -0.4 is 14.8 Å². The lowest BCUT2D eigenvalue weighted by Gasteiger charge is -2.31. The van der Waals surface area contributed by atoms with Crippen LogP contribution >= 0.6 is 0 Å². The Labute approximate surface area is 241 Å². The van der Waals surface area contributed by atoms with E-state index in [1.54, 1.807) is 36.3 Å². The van der Waals surface area contributed by atoms with Crippen LogP contribution in [0.25, 0.3) is 0 Å². The molecule has 9 nitrogen and oxygen atoms in total. The fraction of sp³-hybridized carbons (Fsp3) is 0.355. The van der Waals surface area contributed by atoms with Gasteiger partial charge in [-0.25, -0.2) is 13.1 Å². The number of aliphatic hydroxyl groups excluding tert-OH is 1. The first kappa shape index (κ1) is 30.2. The van der Waals surface area contributed by atoms with Crippen molar-refractivity contribution < 1.29 is 27.9 Å². The molecule has 3 N–H and O–H groups in total. The lowest BCUT2D eigenvalue weighted by atomic mass is 10.0. The maximum Gasteiger partial charge on any atom is 0.243 e. The molecule has 1 unspecified atom stereocenters. The molecule has 0 bridgehead atoms. The number of carbonyl (C=O) groups is 2. The number of hydrogen-bond donors (Lipinski definition) is 3. The quantitative estimate of drug-likeness (QED) is 0.254. The molecule has 4 rings (SSSR count). The van der Waals surface area contributed by atoms with Crippen molar-refractivity contribution in [3.05, 3.63) is 95.6 Å². The highest BCUT2D eigenvalue weighted by atomic mass is 32.2. The predicted molar refractivity (Wildman–Crippen MR) is 156 cm³/mol. The molecule has 41 heavy (non-hydrogen) atoms. The van der Waals surface area contributed by atoms with Gasteiger partial charge in [-0.1, -0.05) is 54.6 Å². The molecule has 1 saturated carbocycles. The molecule has 3 aromatic rings. The zero-order valence-electron chi connectivity index (χ0n) is 23.2. The van der Waals surface area contributed by atoms with Gasteiger partial charge in [-0.15, -0.1) is 0 Å². The number of carbonyl (C=O) groups excluding carboxylic acids is 2. The van der Waals surface area contributed by atoms with E-state index in [1.165, 1.54) is 0 Å². The number of sulfonamides is 1. The molecule has 0 radical (unpaired) electrons. The first-order valence-corrected chi connectivity index (χ1v) is 15.2. The van der Waals surface area contributed by atoms with Crippen LogP contribution in [-0.4, -0.2) is 62.6 Å². The minimum atomic E-state index is -3.55. The van der Waals surface area contributed by atoms with Gasteiger partial charge in [0.25, 0.3) is 0 Å². The van der Waals surface area contributed by atoms with Crippen LogP contribution in [0.3, 0.4) is 0 Å². The summed E-state index contributed by atoms with van der Waals surface area (Å²) >= 11 is 0. The Bertz CT molecular complexity index is 1390.